The van der Waals surface area contributed by atoms with E-state index >= 15 is 0 Å². The van der Waals surface area contributed by atoms with Crippen LogP contribution in [0.25, 0.3) is 0 Å². The smallest absolute Gasteiger partial charge is 0.276 e. The Morgan fingerprint density at radius 3 is 2.56 bits per heavy atom. The quantitative estimate of drug-likeness (QED) is 0.419. The van der Waals surface area contributed by atoms with Crippen molar-refractivity contribution in [1.82, 2.24) is 10.3 Å². The zero-order chi connectivity index (χ0) is 26.1. The van der Waals surface area contributed by atoms with Crippen molar-refractivity contribution in [2.45, 2.75) is 46.6 Å². The molecule has 1 saturated heterocycles. The number of nitrogens with one attached hydrogen (secondary N) is 3. The number of aromatic nitrogens is 1. The molecule has 1 aromatic carbocycles. The lowest BCUT2D eigenvalue weighted by atomic mass is 9.86. The zero-order valence-corrected chi connectivity index (χ0v) is 20.8. The molecule has 1 aliphatic heterocycles. The summed E-state index contributed by atoms with van der Waals surface area (Å²) in [7, 11) is 0. The third-order valence-corrected chi connectivity index (χ3v) is 6.69. The molecule has 2 aliphatic rings. The van der Waals surface area contributed by atoms with E-state index in [1.807, 2.05) is 13.8 Å². The van der Waals surface area contributed by atoms with Crippen LogP contribution in [-0.4, -0.2) is 34.5 Å². The molecular formula is C28H29FN4O3. The van der Waals surface area contributed by atoms with Crippen molar-refractivity contribution < 1.29 is 18.8 Å². The molecule has 0 saturated carbocycles. The largest absolute Gasteiger partial charge is 0.360 e. The van der Waals surface area contributed by atoms with Crippen molar-refractivity contribution in [1.29, 1.82) is 0 Å². The lowest BCUT2D eigenvalue weighted by Gasteiger charge is -2.18. The molecule has 3 N–H and O–H groups in total. The van der Waals surface area contributed by atoms with Crippen molar-refractivity contribution in [2.24, 2.45) is 10.9 Å². The highest BCUT2D eigenvalue weighted by molar-refractivity contribution is 6.10. The van der Waals surface area contributed by atoms with Crippen LogP contribution in [-0.2, 0) is 20.8 Å². The predicted molar refractivity (Wildman–Crippen MR) is 137 cm³/mol. The molecule has 0 bridgehead atoms. The number of aliphatic imine (C=N–C) groups is 1. The highest BCUT2D eigenvalue weighted by Crippen LogP contribution is 2.35. The first-order chi connectivity index (χ1) is 17.0. The maximum absolute atomic E-state index is 13.2. The number of nitrogens with zero attached hydrogens (tertiary/aromatic N) is 1. The molecule has 1 fully saturated rings. The summed E-state index contributed by atoms with van der Waals surface area (Å²) in [6.45, 7) is 10.8. The fraction of sp³-hybridized carbons (Fsp3) is 0.286. The summed E-state index contributed by atoms with van der Waals surface area (Å²) in [4.78, 5) is 45.4. The molecule has 0 spiro atoms. The Balaban J connectivity index is 1.56. The Morgan fingerprint density at radius 1 is 1.19 bits per heavy atom. The van der Waals surface area contributed by atoms with Crippen LogP contribution in [0.5, 0.6) is 0 Å². The fourth-order valence-electron chi connectivity index (χ4n) is 4.59. The monoisotopic (exact) mass is 488 g/mol. The van der Waals surface area contributed by atoms with Crippen molar-refractivity contribution >= 4 is 29.1 Å². The number of rotatable bonds is 6. The van der Waals surface area contributed by atoms with E-state index in [9.17, 15) is 18.8 Å². The van der Waals surface area contributed by atoms with Gasteiger partial charge in [0.15, 0.2) is 0 Å². The molecule has 186 valence electrons. The van der Waals surface area contributed by atoms with Crippen LogP contribution in [0, 0.1) is 25.6 Å². The number of anilines is 1. The summed E-state index contributed by atoms with van der Waals surface area (Å²) in [6, 6.07) is 5.64. The van der Waals surface area contributed by atoms with Gasteiger partial charge in [-0.05, 0) is 69.0 Å². The normalized spacial score (nSPS) is 19.2. The van der Waals surface area contributed by atoms with Gasteiger partial charge < -0.3 is 15.6 Å². The van der Waals surface area contributed by atoms with Gasteiger partial charge in [-0.2, -0.15) is 0 Å². The number of amides is 3. The Hall–Kier alpha value is -4.07. The summed E-state index contributed by atoms with van der Waals surface area (Å²) in [5, 5.41) is 5.89. The highest BCUT2D eigenvalue weighted by atomic mass is 19.1. The summed E-state index contributed by atoms with van der Waals surface area (Å²) in [5.74, 6) is -1.57. The van der Waals surface area contributed by atoms with Gasteiger partial charge in [0.1, 0.15) is 5.82 Å². The molecule has 7 nitrogen and oxygen atoms in total. The van der Waals surface area contributed by atoms with Gasteiger partial charge in [0.2, 0.25) is 5.91 Å². The van der Waals surface area contributed by atoms with E-state index in [1.54, 1.807) is 38.1 Å². The first-order valence-corrected chi connectivity index (χ1v) is 11.8. The van der Waals surface area contributed by atoms with E-state index in [-0.39, 0.29) is 23.7 Å². The van der Waals surface area contributed by atoms with Crippen LogP contribution in [0.3, 0.4) is 0 Å². The summed E-state index contributed by atoms with van der Waals surface area (Å²) in [5.41, 5.74) is 6.02. The van der Waals surface area contributed by atoms with Crippen molar-refractivity contribution in [3.63, 3.8) is 0 Å². The molecule has 1 aliphatic carbocycles. The van der Waals surface area contributed by atoms with E-state index in [0.29, 0.717) is 41.0 Å². The minimum atomic E-state index is -0.449. The van der Waals surface area contributed by atoms with Gasteiger partial charge in [0, 0.05) is 34.7 Å². The van der Waals surface area contributed by atoms with E-state index in [0.717, 1.165) is 22.5 Å². The Bertz CT molecular complexity index is 1360. The van der Waals surface area contributed by atoms with Gasteiger partial charge >= 0.3 is 0 Å². The molecule has 2 atom stereocenters. The number of fused-ring (bicyclic) bond motifs is 1. The van der Waals surface area contributed by atoms with Gasteiger partial charge in [-0.1, -0.05) is 24.8 Å². The number of benzene rings is 1. The van der Waals surface area contributed by atoms with E-state index < -0.39 is 11.8 Å². The van der Waals surface area contributed by atoms with Crippen LogP contribution in [0.4, 0.5) is 10.1 Å². The number of hydrogen-bond donors (Lipinski definition) is 3. The second-order valence-corrected chi connectivity index (χ2v) is 9.33. The van der Waals surface area contributed by atoms with Crippen LogP contribution in [0.15, 0.2) is 64.7 Å². The third kappa shape index (κ3) is 4.98. The standard InChI is InChI=1S/C28H29FN4O3/c1-14(2)26(34)33-25-15(3)24(30-17(25)5)13-22-21-12-19(8-11-23(21)32-28(22)36)27(35)31-16(4)18-6-9-20(29)10-7-18/h6-10,12,22-23,30H,1,11,13H2,2-5H3,(H,32,36)(H,33,34). The lowest BCUT2D eigenvalue weighted by molar-refractivity contribution is -0.122. The molecule has 3 amide bonds. The molecule has 8 heteroatoms. The van der Waals surface area contributed by atoms with E-state index in [2.05, 4.69) is 27.2 Å². The topological polar surface area (TPSA) is 103 Å². The molecule has 2 unspecified atom stereocenters. The minimum Gasteiger partial charge on any atom is -0.360 e. The number of hydrogen-bond acceptors (Lipinski definition) is 3. The number of carbonyl (C=O) groups is 3. The molecular weight excluding hydrogens is 459 g/mol. The number of carbonyl (C=O) groups excluding carboxylic acids is 3. The van der Waals surface area contributed by atoms with Crippen molar-refractivity contribution in [3.05, 3.63) is 88.0 Å². The van der Waals surface area contributed by atoms with E-state index in [4.69, 9.17) is 0 Å². The minimum absolute atomic E-state index is 0.0986. The van der Waals surface area contributed by atoms with Crippen LogP contribution >= 0.6 is 0 Å². The van der Waals surface area contributed by atoms with Crippen LogP contribution in [0.2, 0.25) is 0 Å². The van der Waals surface area contributed by atoms with Crippen molar-refractivity contribution in [2.75, 3.05) is 5.32 Å². The van der Waals surface area contributed by atoms with Gasteiger partial charge in [-0.15, -0.1) is 0 Å². The molecule has 36 heavy (non-hydrogen) atoms. The average molecular weight is 489 g/mol. The van der Waals surface area contributed by atoms with Gasteiger partial charge in [0.25, 0.3) is 11.8 Å². The second kappa shape index (κ2) is 9.89. The second-order valence-electron chi connectivity index (χ2n) is 9.33. The zero-order valence-electron chi connectivity index (χ0n) is 20.8. The molecule has 1 aromatic heterocycles. The maximum atomic E-state index is 13.2. The van der Waals surface area contributed by atoms with Crippen LogP contribution in [0.1, 0.15) is 42.8 Å². The lowest BCUT2D eigenvalue weighted by Crippen LogP contribution is -2.27. The summed E-state index contributed by atoms with van der Waals surface area (Å²) in [6.07, 6.45) is 4.46. The van der Waals surface area contributed by atoms with Gasteiger partial charge in [-0.25, -0.2) is 9.38 Å². The molecule has 0 radical (unpaired) electrons. The average Bonchev–Trinajstić information content (AvgIpc) is 3.29. The van der Waals surface area contributed by atoms with Crippen LogP contribution < -0.4 is 10.6 Å². The number of halogens is 1. The number of aryl methyl sites for hydroxylation is 1. The Labute approximate surface area is 209 Å². The van der Waals surface area contributed by atoms with Gasteiger partial charge in [-0.3, -0.25) is 14.4 Å². The Morgan fingerprint density at radius 2 is 1.89 bits per heavy atom. The fourth-order valence-corrected chi connectivity index (χ4v) is 4.59. The van der Waals surface area contributed by atoms with Gasteiger partial charge in [0.05, 0.1) is 17.6 Å². The molecule has 2 heterocycles. The highest BCUT2D eigenvalue weighted by Gasteiger charge is 2.39. The first-order valence-electron chi connectivity index (χ1n) is 11.8. The molecule has 4 rings (SSSR count). The van der Waals surface area contributed by atoms with E-state index in [1.165, 1.54) is 12.1 Å². The first kappa shape index (κ1) is 25.0. The number of aromatic amines is 1. The molecule has 2 aromatic rings. The van der Waals surface area contributed by atoms with Crippen molar-refractivity contribution in [3.8, 4) is 0 Å². The maximum Gasteiger partial charge on any atom is 0.276 e. The third-order valence-electron chi connectivity index (χ3n) is 6.69. The number of H-pyrrole nitrogens is 1. The SMILES string of the molecule is C=C(C)C(=O)Nc1c(C)[nH]c(CC2C(=O)NC3CC=C(C(=O)N=C(C)c4ccc(F)cc4)C=C32)c1C. The summed E-state index contributed by atoms with van der Waals surface area (Å²) >= 11 is 0. The predicted octanol–water partition coefficient (Wildman–Crippen LogP) is 4.23. The summed E-state index contributed by atoms with van der Waals surface area (Å²) < 4.78 is 13.2. The Kier molecular flexibility index (Phi) is 6.88.